The van der Waals surface area contributed by atoms with E-state index in [-0.39, 0.29) is 25.1 Å². The molecule has 4 rings (SSSR count). The Bertz CT molecular complexity index is 1490. The number of carbonyl (C=O) groups excluding carboxylic acids is 2. The first-order chi connectivity index (χ1) is 19.0. The summed E-state index contributed by atoms with van der Waals surface area (Å²) in [4.78, 5) is 41.3. The molecule has 1 atom stereocenters. The average molecular weight is 524 g/mol. The molecule has 0 aliphatic heterocycles. The predicted molar refractivity (Wildman–Crippen MR) is 149 cm³/mol. The third-order valence-electron chi connectivity index (χ3n) is 6.06. The van der Waals surface area contributed by atoms with Crippen molar-refractivity contribution < 1.29 is 24.2 Å². The number of carbonyl (C=O) groups is 3. The van der Waals surface area contributed by atoms with Crippen LogP contribution in [-0.4, -0.2) is 41.0 Å². The molecule has 8 heteroatoms. The van der Waals surface area contributed by atoms with Gasteiger partial charge in [-0.05, 0) is 18.1 Å². The van der Waals surface area contributed by atoms with Gasteiger partial charge in [0.2, 0.25) is 5.91 Å². The summed E-state index contributed by atoms with van der Waals surface area (Å²) < 4.78 is 6.17. The van der Waals surface area contributed by atoms with Crippen molar-refractivity contribution in [1.29, 1.82) is 0 Å². The summed E-state index contributed by atoms with van der Waals surface area (Å²) >= 11 is 0. The Morgan fingerprint density at radius 3 is 2.28 bits per heavy atom. The van der Waals surface area contributed by atoms with Crippen molar-refractivity contribution in [2.45, 2.75) is 19.4 Å². The zero-order valence-corrected chi connectivity index (χ0v) is 21.5. The van der Waals surface area contributed by atoms with E-state index in [0.29, 0.717) is 34.3 Å². The van der Waals surface area contributed by atoms with Crippen molar-refractivity contribution in [3.63, 3.8) is 0 Å². The van der Waals surface area contributed by atoms with E-state index >= 15 is 0 Å². The van der Waals surface area contributed by atoms with Gasteiger partial charge in [-0.1, -0.05) is 85.8 Å². The van der Waals surface area contributed by atoms with Gasteiger partial charge in [-0.3, -0.25) is 9.59 Å². The number of carboxylic acid groups (broad SMARTS) is 1. The third-order valence-corrected chi connectivity index (χ3v) is 6.06. The van der Waals surface area contributed by atoms with E-state index in [1.807, 2.05) is 91.9 Å². The van der Waals surface area contributed by atoms with Gasteiger partial charge in [0.15, 0.2) is 5.75 Å². The average Bonchev–Trinajstić information content (AvgIpc) is 2.97. The zero-order valence-electron chi connectivity index (χ0n) is 21.5. The molecule has 0 saturated heterocycles. The second kappa shape index (κ2) is 13.0. The molecule has 0 bridgehead atoms. The largest absolute Gasteiger partial charge is 0.489 e. The number of pyridine rings is 1. The predicted octanol–water partition coefficient (Wildman–Crippen LogP) is 4.92. The highest BCUT2D eigenvalue weighted by atomic mass is 16.5. The monoisotopic (exact) mass is 523 g/mol. The highest BCUT2D eigenvalue weighted by Crippen LogP contribution is 2.37. The van der Waals surface area contributed by atoms with Crippen molar-refractivity contribution in [3.05, 3.63) is 108 Å². The molecule has 0 unspecified atom stereocenters. The van der Waals surface area contributed by atoms with E-state index in [1.54, 1.807) is 0 Å². The molecular formula is C31H29N3O5. The van der Waals surface area contributed by atoms with Gasteiger partial charge in [0.1, 0.15) is 12.3 Å². The number of aliphatic carboxylic acids is 1. The molecule has 0 fully saturated rings. The Morgan fingerprint density at radius 1 is 0.923 bits per heavy atom. The summed E-state index contributed by atoms with van der Waals surface area (Å²) in [5.74, 6) is -1.78. The number of carboxylic acids is 1. The number of fused-ring (bicyclic) bond motifs is 1. The number of nitrogens with zero attached hydrogens (tertiary/aromatic N) is 1. The number of rotatable bonds is 11. The highest BCUT2D eigenvalue weighted by Gasteiger charge is 2.25. The molecule has 1 heterocycles. The van der Waals surface area contributed by atoms with Crippen LogP contribution >= 0.6 is 0 Å². The highest BCUT2D eigenvalue weighted by molar-refractivity contribution is 6.10. The van der Waals surface area contributed by atoms with Gasteiger partial charge < -0.3 is 20.5 Å². The molecule has 0 saturated carbocycles. The van der Waals surface area contributed by atoms with Crippen molar-refractivity contribution in [2.75, 3.05) is 13.2 Å². The minimum Gasteiger partial charge on any atom is -0.489 e. The summed E-state index contributed by atoms with van der Waals surface area (Å²) in [5, 5.41) is 15.1. The van der Waals surface area contributed by atoms with Gasteiger partial charge in [-0.25, -0.2) is 9.78 Å². The lowest BCUT2D eigenvalue weighted by atomic mass is 10.00. The van der Waals surface area contributed by atoms with Crippen LogP contribution in [0.5, 0.6) is 5.75 Å². The topological polar surface area (TPSA) is 118 Å². The lowest BCUT2D eigenvalue weighted by Crippen LogP contribution is -2.30. The van der Waals surface area contributed by atoms with E-state index in [9.17, 15) is 14.4 Å². The number of aromatic nitrogens is 1. The smallest absolute Gasteiger partial charge is 0.328 e. The molecule has 3 aromatic carbocycles. The molecule has 3 N–H and O–H groups in total. The van der Waals surface area contributed by atoms with E-state index in [1.165, 1.54) is 0 Å². The minimum atomic E-state index is -1.22. The van der Waals surface area contributed by atoms with Gasteiger partial charge >= 0.3 is 5.97 Å². The summed E-state index contributed by atoms with van der Waals surface area (Å²) in [6, 6.07) is 26.4. The number of ether oxygens (including phenoxy) is 1. The van der Waals surface area contributed by atoms with E-state index in [2.05, 4.69) is 10.6 Å². The Kier molecular flexibility index (Phi) is 9.03. The van der Waals surface area contributed by atoms with Gasteiger partial charge in [-0.15, -0.1) is 0 Å². The lowest BCUT2D eigenvalue weighted by Gasteiger charge is -2.21. The Hall–Kier alpha value is -4.98. The van der Waals surface area contributed by atoms with Crippen LogP contribution in [0.4, 0.5) is 0 Å². The summed E-state index contributed by atoms with van der Waals surface area (Å²) in [5.41, 5.74) is 3.27. The second-order valence-corrected chi connectivity index (χ2v) is 8.70. The van der Waals surface area contributed by atoms with Crippen LogP contribution in [-0.2, 0) is 9.59 Å². The van der Waals surface area contributed by atoms with Crippen LogP contribution in [0.25, 0.3) is 22.2 Å². The first-order valence-corrected chi connectivity index (χ1v) is 12.6. The molecule has 8 nitrogen and oxygen atoms in total. The fourth-order valence-electron chi connectivity index (χ4n) is 4.22. The fraction of sp³-hybridized carbons (Fsp3) is 0.161. The first-order valence-electron chi connectivity index (χ1n) is 12.6. The number of para-hydroxylation sites is 1. The van der Waals surface area contributed by atoms with E-state index in [0.717, 1.165) is 23.3 Å². The molecule has 1 aromatic heterocycles. The maximum absolute atomic E-state index is 13.9. The van der Waals surface area contributed by atoms with Gasteiger partial charge in [0, 0.05) is 23.1 Å². The van der Waals surface area contributed by atoms with Crippen LogP contribution in [0.1, 0.15) is 35.3 Å². The van der Waals surface area contributed by atoms with Crippen molar-refractivity contribution in [2.24, 2.45) is 0 Å². The maximum atomic E-state index is 13.9. The number of nitrogens with one attached hydrogen (secondary N) is 2. The van der Waals surface area contributed by atoms with E-state index in [4.69, 9.17) is 14.8 Å². The molecule has 198 valence electrons. The van der Waals surface area contributed by atoms with Gasteiger partial charge in [0.25, 0.3) is 5.91 Å². The molecule has 4 aromatic rings. The van der Waals surface area contributed by atoms with Crippen molar-refractivity contribution >= 4 is 28.7 Å². The first kappa shape index (κ1) is 27.1. The Morgan fingerprint density at radius 2 is 1.59 bits per heavy atom. The lowest BCUT2D eigenvalue weighted by molar-refractivity contribution is -0.131. The van der Waals surface area contributed by atoms with Crippen LogP contribution in [0, 0.1) is 0 Å². The van der Waals surface area contributed by atoms with Crippen LogP contribution in [0.3, 0.4) is 0 Å². The quantitative estimate of drug-likeness (QED) is 0.190. The van der Waals surface area contributed by atoms with Gasteiger partial charge in [-0.2, -0.15) is 0 Å². The molecule has 0 aliphatic carbocycles. The molecule has 2 amide bonds. The third kappa shape index (κ3) is 6.87. The number of hydrogen-bond acceptors (Lipinski definition) is 5. The SMILES string of the molecule is CC[C@H](NC(=O)c1c(OCCNC(=O)/C=C\C(=O)O)c(-c2ccccc2)nc2ccccc12)c1ccccc1. The Balaban J connectivity index is 1.72. The summed E-state index contributed by atoms with van der Waals surface area (Å²) in [6.45, 7) is 2.13. The second-order valence-electron chi connectivity index (χ2n) is 8.70. The van der Waals surface area contributed by atoms with Gasteiger partial charge in [0.05, 0.1) is 23.7 Å². The molecule has 0 spiro atoms. The number of benzene rings is 3. The number of hydrogen-bond donors (Lipinski definition) is 3. The zero-order chi connectivity index (χ0) is 27.6. The summed E-state index contributed by atoms with van der Waals surface area (Å²) in [7, 11) is 0. The fourth-order valence-corrected chi connectivity index (χ4v) is 4.22. The minimum absolute atomic E-state index is 0.0304. The van der Waals surface area contributed by atoms with Crippen LogP contribution < -0.4 is 15.4 Å². The van der Waals surface area contributed by atoms with Crippen LogP contribution in [0.15, 0.2) is 97.1 Å². The number of amides is 2. The molecular weight excluding hydrogens is 494 g/mol. The maximum Gasteiger partial charge on any atom is 0.328 e. The normalized spacial score (nSPS) is 11.7. The molecule has 0 radical (unpaired) electrons. The summed E-state index contributed by atoms with van der Waals surface area (Å²) in [6.07, 6.45) is 2.38. The van der Waals surface area contributed by atoms with Crippen molar-refractivity contribution in [3.8, 4) is 17.0 Å². The molecule has 0 aliphatic rings. The molecule has 39 heavy (non-hydrogen) atoms. The van der Waals surface area contributed by atoms with Crippen molar-refractivity contribution in [1.82, 2.24) is 15.6 Å². The van der Waals surface area contributed by atoms with E-state index < -0.39 is 11.9 Å². The Labute approximate surface area is 226 Å². The standard InChI is InChI=1S/C31H29N3O5/c1-2-24(21-11-5-3-6-12-21)34-31(38)28-23-15-9-10-16-25(23)33-29(22-13-7-4-8-14-22)30(28)39-20-19-32-26(35)17-18-27(36)37/h3-18,24H,2,19-20H2,1H3,(H,32,35)(H,34,38)(H,36,37)/b18-17-/t24-/m0/s1. The van der Waals surface area contributed by atoms with Crippen LogP contribution in [0.2, 0.25) is 0 Å².